The van der Waals surface area contributed by atoms with Crippen LogP contribution in [0.2, 0.25) is 0 Å². The van der Waals surface area contributed by atoms with E-state index in [0.29, 0.717) is 5.92 Å². The van der Waals surface area contributed by atoms with E-state index in [9.17, 15) is 9.90 Å². The first kappa shape index (κ1) is 13.6. The highest BCUT2D eigenvalue weighted by atomic mass is 16.3. The zero-order chi connectivity index (χ0) is 14.3. The number of benzene rings is 1. The molecule has 20 heavy (non-hydrogen) atoms. The molecular formula is C16H22N2O2. The molecule has 1 unspecified atom stereocenters. The molecule has 1 amide bonds. The van der Waals surface area contributed by atoms with Gasteiger partial charge in [-0.3, -0.25) is 9.69 Å². The van der Waals surface area contributed by atoms with Crippen molar-refractivity contribution in [3.63, 3.8) is 0 Å². The predicted molar refractivity (Wildman–Crippen MR) is 77.6 cm³/mol. The molecule has 1 aromatic carbocycles. The standard InChI is InChI=1S/C16H22N2O2/c1-12-5-3-4-6-14(12)15(20)18-10-16(11-18)7-13(9-19)8-17(16)2/h3-6,13,19H,7-11H2,1-2H3. The second kappa shape index (κ2) is 4.86. The SMILES string of the molecule is Cc1ccccc1C(=O)N1CC2(CC(CO)CN2C)C1. The van der Waals surface area contributed by atoms with Gasteiger partial charge in [-0.1, -0.05) is 18.2 Å². The lowest BCUT2D eigenvalue weighted by Crippen LogP contribution is -2.68. The molecule has 2 heterocycles. The fourth-order valence-electron chi connectivity index (χ4n) is 3.62. The number of likely N-dealkylation sites (tertiary alicyclic amines) is 2. The summed E-state index contributed by atoms with van der Waals surface area (Å²) in [6.45, 7) is 4.73. The summed E-state index contributed by atoms with van der Waals surface area (Å²) >= 11 is 0. The lowest BCUT2D eigenvalue weighted by molar-refractivity contribution is -0.00779. The highest BCUT2D eigenvalue weighted by molar-refractivity contribution is 5.96. The van der Waals surface area contributed by atoms with Crippen molar-refractivity contribution in [1.29, 1.82) is 0 Å². The summed E-state index contributed by atoms with van der Waals surface area (Å²) in [5, 5.41) is 9.32. The number of aryl methyl sites for hydroxylation is 1. The quantitative estimate of drug-likeness (QED) is 0.879. The number of carbonyl (C=O) groups excluding carboxylic acids is 1. The van der Waals surface area contributed by atoms with Gasteiger partial charge in [0.1, 0.15) is 0 Å². The van der Waals surface area contributed by atoms with Crippen molar-refractivity contribution in [2.45, 2.75) is 18.9 Å². The summed E-state index contributed by atoms with van der Waals surface area (Å²) in [5.74, 6) is 0.491. The average molecular weight is 274 g/mol. The van der Waals surface area contributed by atoms with Crippen molar-refractivity contribution in [1.82, 2.24) is 9.80 Å². The van der Waals surface area contributed by atoms with Gasteiger partial charge in [-0.2, -0.15) is 0 Å². The minimum Gasteiger partial charge on any atom is -0.396 e. The van der Waals surface area contributed by atoms with Crippen molar-refractivity contribution in [2.75, 3.05) is 33.3 Å². The Morgan fingerprint density at radius 1 is 1.40 bits per heavy atom. The highest BCUT2D eigenvalue weighted by Crippen LogP contribution is 2.39. The molecule has 108 valence electrons. The highest BCUT2D eigenvalue weighted by Gasteiger charge is 2.53. The monoisotopic (exact) mass is 274 g/mol. The van der Waals surface area contributed by atoms with Crippen LogP contribution in [0.3, 0.4) is 0 Å². The van der Waals surface area contributed by atoms with E-state index in [4.69, 9.17) is 0 Å². The van der Waals surface area contributed by atoms with Crippen LogP contribution in [0.1, 0.15) is 22.3 Å². The summed E-state index contributed by atoms with van der Waals surface area (Å²) in [6.07, 6.45) is 0.998. The Morgan fingerprint density at radius 3 is 2.70 bits per heavy atom. The maximum atomic E-state index is 12.5. The van der Waals surface area contributed by atoms with E-state index < -0.39 is 0 Å². The van der Waals surface area contributed by atoms with Crippen LogP contribution in [0.15, 0.2) is 24.3 Å². The first-order chi connectivity index (χ1) is 9.55. The van der Waals surface area contributed by atoms with E-state index in [1.54, 1.807) is 0 Å². The molecule has 0 saturated carbocycles. The van der Waals surface area contributed by atoms with Crippen LogP contribution in [0.25, 0.3) is 0 Å². The zero-order valence-electron chi connectivity index (χ0n) is 12.2. The normalized spacial score (nSPS) is 24.9. The van der Waals surface area contributed by atoms with E-state index in [1.807, 2.05) is 36.1 Å². The lowest BCUT2D eigenvalue weighted by atomic mass is 9.84. The maximum absolute atomic E-state index is 12.5. The zero-order valence-corrected chi connectivity index (χ0v) is 12.2. The third-order valence-corrected chi connectivity index (χ3v) is 4.90. The van der Waals surface area contributed by atoms with Crippen molar-refractivity contribution in [3.8, 4) is 0 Å². The van der Waals surface area contributed by atoms with Crippen molar-refractivity contribution >= 4 is 5.91 Å². The van der Waals surface area contributed by atoms with Gasteiger partial charge in [-0.15, -0.1) is 0 Å². The summed E-state index contributed by atoms with van der Waals surface area (Å²) in [7, 11) is 2.10. The summed E-state index contributed by atoms with van der Waals surface area (Å²) < 4.78 is 0. The van der Waals surface area contributed by atoms with Crippen molar-refractivity contribution in [3.05, 3.63) is 35.4 Å². The smallest absolute Gasteiger partial charge is 0.254 e. The van der Waals surface area contributed by atoms with Crippen LogP contribution in [0.4, 0.5) is 0 Å². The first-order valence-electron chi connectivity index (χ1n) is 7.23. The van der Waals surface area contributed by atoms with Gasteiger partial charge in [0.25, 0.3) is 5.91 Å². The number of aliphatic hydroxyl groups excluding tert-OH is 1. The molecule has 1 spiro atoms. The van der Waals surface area contributed by atoms with Gasteiger partial charge in [-0.05, 0) is 37.9 Å². The van der Waals surface area contributed by atoms with Crippen LogP contribution in [0.5, 0.6) is 0 Å². The second-order valence-electron chi connectivity index (χ2n) is 6.33. The molecular weight excluding hydrogens is 252 g/mol. The number of nitrogens with zero attached hydrogens (tertiary/aromatic N) is 2. The fraction of sp³-hybridized carbons (Fsp3) is 0.562. The number of aliphatic hydroxyl groups is 1. The third kappa shape index (κ3) is 2.03. The molecule has 1 N–H and O–H groups in total. The van der Waals surface area contributed by atoms with Gasteiger partial charge in [0, 0.05) is 31.8 Å². The maximum Gasteiger partial charge on any atom is 0.254 e. The average Bonchev–Trinajstić information content (AvgIpc) is 2.74. The molecule has 2 fully saturated rings. The molecule has 2 aliphatic rings. The first-order valence-corrected chi connectivity index (χ1v) is 7.23. The lowest BCUT2D eigenvalue weighted by Gasteiger charge is -2.52. The molecule has 4 nitrogen and oxygen atoms in total. The number of amides is 1. The van der Waals surface area contributed by atoms with E-state index in [0.717, 1.165) is 37.2 Å². The van der Waals surface area contributed by atoms with Crippen LogP contribution in [-0.2, 0) is 0 Å². The number of hydrogen-bond donors (Lipinski definition) is 1. The molecule has 4 heteroatoms. The van der Waals surface area contributed by atoms with E-state index in [-0.39, 0.29) is 18.1 Å². The number of likely N-dealkylation sites (N-methyl/N-ethyl adjacent to an activating group) is 1. The number of carbonyl (C=O) groups is 1. The summed E-state index contributed by atoms with van der Waals surface area (Å²) in [6, 6.07) is 7.75. The van der Waals surface area contributed by atoms with Crippen LogP contribution >= 0.6 is 0 Å². The Hall–Kier alpha value is -1.39. The van der Waals surface area contributed by atoms with Crippen molar-refractivity contribution < 1.29 is 9.90 Å². The summed E-state index contributed by atoms with van der Waals surface area (Å²) in [4.78, 5) is 16.7. The molecule has 0 aliphatic carbocycles. The Bertz CT molecular complexity index is 523. The van der Waals surface area contributed by atoms with E-state index in [2.05, 4.69) is 11.9 Å². The topological polar surface area (TPSA) is 43.8 Å². The van der Waals surface area contributed by atoms with E-state index in [1.165, 1.54) is 0 Å². The van der Waals surface area contributed by atoms with Gasteiger partial charge < -0.3 is 10.0 Å². The van der Waals surface area contributed by atoms with Crippen LogP contribution in [0, 0.1) is 12.8 Å². The van der Waals surface area contributed by atoms with Crippen LogP contribution in [-0.4, -0.2) is 59.6 Å². The minimum absolute atomic E-state index is 0.103. The van der Waals surface area contributed by atoms with Gasteiger partial charge >= 0.3 is 0 Å². The third-order valence-electron chi connectivity index (χ3n) is 4.90. The fourth-order valence-corrected chi connectivity index (χ4v) is 3.62. The number of hydrogen-bond acceptors (Lipinski definition) is 3. The Labute approximate surface area is 120 Å². The van der Waals surface area contributed by atoms with Gasteiger partial charge in [0.15, 0.2) is 0 Å². The molecule has 1 aromatic rings. The van der Waals surface area contributed by atoms with Gasteiger partial charge in [0.05, 0.1) is 5.54 Å². The largest absolute Gasteiger partial charge is 0.396 e. The van der Waals surface area contributed by atoms with Crippen LogP contribution < -0.4 is 0 Å². The Balaban J connectivity index is 1.69. The Kier molecular flexibility index (Phi) is 3.30. The number of rotatable bonds is 2. The molecule has 0 aromatic heterocycles. The van der Waals surface area contributed by atoms with Gasteiger partial charge in [0.2, 0.25) is 0 Å². The van der Waals surface area contributed by atoms with Crippen molar-refractivity contribution in [2.24, 2.45) is 5.92 Å². The molecule has 1 atom stereocenters. The minimum atomic E-state index is 0.103. The Morgan fingerprint density at radius 2 is 2.10 bits per heavy atom. The van der Waals surface area contributed by atoms with Gasteiger partial charge in [-0.25, -0.2) is 0 Å². The second-order valence-corrected chi connectivity index (χ2v) is 6.33. The molecule has 2 aliphatic heterocycles. The van der Waals surface area contributed by atoms with E-state index >= 15 is 0 Å². The molecule has 0 radical (unpaired) electrons. The predicted octanol–water partition coefficient (Wildman–Crippen LogP) is 1.13. The molecule has 2 saturated heterocycles. The molecule has 3 rings (SSSR count). The summed E-state index contributed by atoms with van der Waals surface area (Å²) in [5.41, 5.74) is 1.94. The molecule has 0 bridgehead atoms.